The van der Waals surface area contributed by atoms with Crippen molar-refractivity contribution in [1.29, 1.82) is 0 Å². The monoisotopic (exact) mass is 196 g/mol. The van der Waals surface area contributed by atoms with E-state index in [0.717, 1.165) is 0 Å². The van der Waals surface area contributed by atoms with Gasteiger partial charge in [0.15, 0.2) is 5.69 Å². The largest absolute Gasteiger partial charge is 0.344 e. The molecule has 0 saturated carbocycles. The summed E-state index contributed by atoms with van der Waals surface area (Å²) in [6.07, 6.45) is 0.782. The van der Waals surface area contributed by atoms with Gasteiger partial charge < -0.3 is 9.47 Å². The summed E-state index contributed by atoms with van der Waals surface area (Å²) in [5.74, 6) is 0. The summed E-state index contributed by atoms with van der Waals surface area (Å²) >= 11 is 0. The lowest BCUT2D eigenvalue weighted by Gasteiger charge is -2.07. The van der Waals surface area contributed by atoms with Gasteiger partial charge in [-0.2, -0.15) is 0 Å². The Morgan fingerprint density at radius 3 is 2.86 bits per heavy atom. The number of nitro groups is 1. The predicted octanol–water partition coefficient (Wildman–Crippen LogP) is 1.04. The molecule has 0 aliphatic carbocycles. The first-order chi connectivity index (χ1) is 6.79. The maximum absolute atomic E-state index is 10.6. The molecule has 0 radical (unpaired) electrons. The second-order valence-electron chi connectivity index (χ2n) is 2.74. The van der Waals surface area contributed by atoms with Crippen molar-refractivity contribution in [2.24, 2.45) is 0 Å². The summed E-state index contributed by atoms with van der Waals surface area (Å²) in [6, 6.07) is 2.89. The Morgan fingerprint density at radius 1 is 1.50 bits per heavy atom. The zero-order chi connectivity index (χ0) is 9.97. The van der Waals surface area contributed by atoms with Gasteiger partial charge in [-0.1, -0.05) is 0 Å². The quantitative estimate of drug-likeness (QED) is 0.521. The van der Waals surface area contributed by atoms with Gasteiger partial charge in [0.05, 0.1) is 18.1 Å². The Bertz CT molecular complexity index is 349. The van der Waals surface area contributed by atoms with E-state index < -0.39 is 11.2 Å². The van der Waals surface area contributed by atoms with Gasteiger partial charge in [0.1, 0.15) is 0 Å². The van der Waals surface area contributed by atoms with Crippen LogP contribution in [0, 0.1) is 10.1 Å². The topological polar surface area (TPSA) is 74.5 Å². The van der Waals surface area contributed by atoms with Gasteiger partial charge in [0.2, 0.25) is 6.29 Å². The fraction of sp³-hybridized carbons (Fsp3) is 0.375. The SMILES string of the molecule is O=[N+]([O-])c1cccnc1C1OCCO1. The standard InChI is InChI=1S/C8H8N2O4/c11-10(12)6-2-1-3-9-7(6)8-13-4-5-14-8/h1-3,8H,4-5H2. The first kappa shape index (κ1) is 9.04. The molecule has 0 aromatic carbocycles. The van der Waals surface area contributed by atoms with Gasteiger partial charge in [-0.05, 0) is 6.07 Å². The Labute approximate surface area is 79.6 Å². The zero-order valence-electron chi connectivity index (χ0n) is 7.25. The molecule has 6 nitrogen and oxygen atoms in total. The number of aromatic nitrogens is 1. The molecule has 1 saturated heterocycles. The molecule has 0 atom stereocenters. The lowest BCUT2D eigenvalue weighted by atomic mass is 10.3. The van der Waals surface area contributed by atoms with E-state index in [1.165, 1.54) is 18.3 Å². The number of hydrogen-bond donors (Lipinski definition) is 0. The highest BCUT2D eigenvalue weighted by Gasteiger charge is 2.27. The highest BCUT2D eigenvalue weighted by molar-refractivity contribution is 5.35. The van der Waals surface area contributed by atoms with Crippen molar-refractivity contribution >= 4 is 5.69 Å². The van der Waals surface area contributed by atoms with E-state index in [9.17, 15) is 10.1 Å². The molecule has 1 aliphatic rings. The van der Waals surface area contributed by atoms with E-state index in [2.05, 4.69) is 4.98 Å². The van der Waals surface area contributed by atoms with Crippen LogP contribution in [0.25, 0.3) is 0 Å². The minimum atomic E-state index is -0.698. The maximum Gasteiger partial charge on any atom is 0.296 e. The Hall–Kier alpha value is -1.53. The van der Waals surface area contributed by atoms with Crippen LogP contribution >= 0.6 is 0 Å². The average molecular weight is 196 g/mol. The summed E-state index contributed by atoms with van der Waals surface area (Å²) < 4.78 is 10.3. The minimum absolute atomic E-state index is 0.0700. The molecule has 0 N–H and O–H groups in total. The van der Waals surface area contributed by atoms with Gasteiger partial charge >= 0.3 is 0 Å². The van der Waals surface area contributed by atoms with E-state index in [1.807, 2.05) is 0 Å². The zero-order valence-corrected chi connectivity index (χ0v) is 7.25. The maximum atomic E-state index is 10.6. The highest BCUT2D eigenvalue weighted by Crippen LogP contribution is 2.28. The normalized spacial score (nSPS) is 17.1. The van der Waals surface area contributed by atoms with Crippen LogP contribution in [0.3, 0.4) is 0 Å². The third-order valence-corrected chi connectivity index (χ3v) is 1.86. The molecule has 1 fully saturated rings. The van der Waals surface area contributed by atoms with Crippen molar-refractivity contribution in [3.8, 4) is 0 Å². The molecule has 74 valence electrons. The van der Waals surface area contributed by atoms with Crippen molar-refractivity contribution in [3.05, 3.63) is 34.1 Å². The first-order valence-corrected chi connectivity index (χ1v) is 4.11. The number of ether oxygens (including phenoxy) is 2. The van der Waals surface area contributed by atoms with Crippen LogP contribution in [0.15, 0.2) is 18.3 Å². The molecule has 0 unspecified atom stereocenters. The van der Waals surface area contributed by atoms with Crippen LogP contribution in [0.4, 0.5) is 5.69 Å². The molecule has 0 spiro atoms. The number of nitrogens with zero attached hydrogens (tertiary/aromatic N) is 2. The molecule has 0 amide bonds. The molecular formula is C8H8N2O4. The summed E-state index contributed by atoms with van der Waals surface area (Å²) in [6.45, 7) is 0.886. The van der Waals surface area contributed by atoms with Gasteiger partial charge in [0.25, 0.3) is 5.69 Å². The van der Waals surface area contributed by atoms with Crippen LogP contribution in [0.2, 0.25) is 0 Å². The summed E-state index contributed by atoms with van der Waals surface area (Å²) in [5.41, 5.74) is 0.161. The molecule has 1 aromatic heterocycles. The van der Waals surface area contributed by atoms with Crippen LogP contribution < -0.4 is 0 Å². The van der Waals surface area contributed by atoms with Gasteiger partial charge in [-0.25, -0.2) is 4.98 Å². The van der Waals surface area contributed by atoms with Crippen molar-refractivity contribution in [1.82, 2.24) is 4.98 Å². The van der Waals surface area contributed by atoms with E-state index in [1.54, 1.807) is 0 Å². The summed E-state index contributed by atoms with van der Waals surface area (Å²) in [7, 11) is 0. The summed E-state index contributed by atoms with van der Waals surface area (Å²) in [4.78, 5) is 14.0. The third-order valence-electron chi connectivity index (χ3n) is 1.86. The third kappa shape index (κ3) is 1.57. The van der Waals surface area contributed by atoms with Crippen molar-refractivity contribution in [2.75, 3.05) is 13.2 Å². The molecule has 1 aliphatic heterocycles. The van der Waals surface area contributed by atoms with Crippen LogP contribution in [0.5, 0.6) is 0 Å². The van der Waals surface area contributed by atoms with E-state index >= 15 is 0 Å². The molecular weight excluding hydrogens is 188 g/mol. The summed E-state index contributed by atoms with van der Waals surface area (Å²) in [5, 5.41) is 10.6. The number of hydrogen-bond acceptors (Lipinski definition) is 5. The second-order valence-corrected chi connectivity index (χ2v) is 2.74. The fourth-order valence-electron chi connectivity index (χ4n) is 1.26. The Balaban J connectivity index is 2.35. The van der Waals surface area contributed by atoms with Crippen molar-refractivity contribution in [2.45, 2.75) is 6.29 Å². The minimum Gasteiger partial charge on any atom is -0.344 e. The molecule has 0 bridgehead atoms. The number of rotatable bonds is 2. The highest BCUT2D eigenvalue weighted by atomic mass is 16.7. The van der Waals surface area contributed by atoms with E-state index in [0.29, 0.717) is 13.2 Å². The first-order valence-electron chi connectivity index (χ1n) is 4.11. The van der Waals surface area contributed by atoms with Gasteiger partial charge in [0, 0.05) is 12.3 Å². The smallest absolute Gasteiger partial charge is 0.296 e. The molecule has 2 heterocycles. The van der Waals surface area contributed by atoms with Gasteiger partial charge in [-0.3, -0.25) is 10.1 Å². The molecule has 14 heavy (non-hydrogen) atoms. The number of pyridine rings is 1. The molecule has 1 aromatic rings. The Kier molecular flexibility index (Phi) is 2.38. The average Bonchev–Trinajstić information content (AvgIpc) is 2.70. The van der Waals surface area contributed by atoms with Crippen molar-refractivity contribution < 1.29 is 14.4 Å². The van der Waals surface area contributed by atoms with Crippen LogP contribution in [-0.2, 0) is 9.47 Å². The van der Waals surface area contributed by atoms with E-state index in [-0.39, 0.29) is 11.4 Å². The lowest BCUT2D eigenvalue weighted by molar-refractivity contribution is -0.387. The van der Waals surface area contributed by atoms with Crippen LogP contribution in [-0.4, -0.2) is 23.1 Å². The van der Waals surface area contributed by atoms with Crippen LogP contribution in [0.1, 0.15) is 12.0 Å². The second kappa shape index (κ2) is 3.69. The lowest BCUT2D eigenvalue weighted by Crippen LogP contribution is -2.05. The van der Waals surface area contributed by atoms with E-state index in [4.69, 9.17) is 9.47 Å². The Morgan fingerprint density at radius 2 is 2.21 bits per heavy atom. The fourth-order valence-corrected chi connectivity index (χ4v) is 1.26. The molecule has 6 heteroatoms. The predicted molar refractivity (Wildman–Crippen MR) is 45.5 cm³/mol. The van der Waals surface area contributed by atoms with Crippen molar-refractivity contribution in [3.63, 3.8) is 0 Å². The van der Waals surface area contributed by atoms with Gasteiger partial charge in [-0.15, -0.1) is 0 Å². The molecule has 2 rings (SSSR count).